The van der Waals surface area contributed by atoms with Gasteiger partial charge in [-0.3, -0.25) is 4.57 Å². The Morgan fingerprint density at radius 1 is 1.05 bits per heavy atom. The molecule has 3 aromatic rings. The summed E-state index contributed by atoms with van der Waals surface area (Å²) in [6, 6.07) is 11.2. The molecule has 4 nitrogen and oxygen atoms in total. The van der Waals surface area contributed by atoms with Crippen molar-refractivity contribution in [2.45, 2.75) is 0 Å². The summed E-state index contributed by atoms with van der Waals surface area (Å²) in [5.74, 6) is 1.49. The minimum absolute atomic E-state index is 0.563. The zero-order valence-electron chi connectivity index (χ0n) is 11.5. The highest BCUT2D eigenvalue weighted by atomic mass is 35.5. The van der Waals surface area contributed by atoms with Gasteiger partial charge in [-0.25, -0.2) is 0 Å². The number of imidazole rings is 1. The third-order valence-corrected chi connectivity index (χ3v) is 3.89. The van der Waals surface area contributed by atoms with Crippen LogP contribution in [-0.2, 0) is 0 Å². The third-order valence-electron chi connectivity index (χ3n) is 3.28. The molecule has 0 radical (unpaired) electrons. The summed E-state index contributed by atoms with van der Waals surface area (Å²) in [6.45, 7) is 0. The minimum Gasteiger partial charge on any atom is -0.497 e. The van der Waals surface area contributed by atoms with Crippen molar-refractivity contribution in [1.82, 2.24) is 9.55 Å². The predicted octanol–water partition coefficient (Wildman–Crippen LogP) is 4.36. The van der Waals surface area contributed by atoms with Crippen molar-refractivity contribution < 1.29 is 9.47 Å². The first kappa shape index (κ1) is 14.0. The molecular weight excluding hydrogens is 308 g/mol. The van der Waals surface area contributed by atoms with Crippen molar-refractivity contribution >= 4 is 34.9 Å². The molecule has 6 heteroatoms. The summed E-state index contributed by atoms with van der Waals surface area (Å²) in [4.78, 5) is 3.16. The van der Waals surface area contributed by atoms with Crippen LogP contribution in [0.25, 0.3) is 16.7 Å². The Labute approximate surface area is 131 Å². The predicted molar refractivity (Wildman–Crippen MR) is 86.6 cm³/mol. The first-order chi connectivity index (χ1) is 10.1. The topological polar surface area (TPSA) is 39.2 Å². The Balaban J connectivity index is 2.30. The van der Waals surface area contributed by atoms with Gasteiger partial charge in [0.25, 0.3) is 0 Å². The zero-order chi connectivity index (χ0) is 15.0. The molecule has 0 saturated carbocycles. The van der Waals surface area contributed by atoms with Crippen molar-refractivity contribution in [2.75, 3.05) is 14.2 Å². The van der Waals surface area contributed by atoms with Crippen LogP contribution >= 0.6 is 23.8 Å². The highest BCUT2D eigenvalue weighted by molar-refractivity contribution is 7.71. The second kappa shape index (κ2) is 5.42. The Morgan fingerprint density at radius 3 is 2.43 bits per heavy atom. The molecule has 0 saturated heterocycles. The van der Waals surface area contributed by atoms with Crippen LogP contribution in [0.3, 0.4) is 0 Å². The lowest BCUT2D eigenvalue weighted by atomic mass is 10.2. The first-order valence-electron chi connectivity index (χ1n) is 6.26. The van der Waals surface area contributed by atoms with E-state index < -0.39 is 0 Å². The number of hydrogen-bond donors (Lipinski definition) is 1. The van der Waals surface area contributed by atoms with E-state index >= 15 is 0 Å². The number of nitrogens with zero attached hydrogens (tertiary/aromatic N) is 1. The number of nitrogens with one attached hydrogen (secondary N) is 1. The van der Waals surface area contributed by atoms with Gasteiger partial charge >= 0.3 is 0 Å². The number of aromatic amines is 1. The van der Waals surface area contributed by atoms with Gasteiger partial charge in [0.05, 0.1) is 36.0 Å². The summed E-state index contributed by atoms with van der Waals surface area (Å²) in [7, 11) is 3.25. The Morgan fingerprint density at radius 2 is 1.71 bits per heavy atom. The summed E-state index contributed by atoms with van der Waals surface area (Å²) in [5, 5.41) is 0.601. The molecule has 0 spiro atoms. The van der Waals surface area contributed by atoms with E-state index in [-0.39, 0.29) is 0 Å². The number of ether oxygens (including phenoxy) is 2. The number of methoxy groups -OCH3 is 2. The zero-order valence-corrected chi connectivity index (χ0v) is 13.1. The second-order valence-corrected chi connectivity index (χ2v) is 5.26. The Hall–Kier alpha value is -1.98. The number of benzene rings is 2. The van der Waals surface area contributed by atoms with Crippen LogP contribution in [0.15, 0.2) is 36.4 Å². The van der Waals surface area contributed by atoms with Gasteiger partial charge in [-0.1, -0.05) is 11.6 Å². The quantitative estimate of drug-likeness (QED) is 0.729. The number of rotatable bonds is 3. The molecule has 0 aliphatic rings. The van der Waals surface area contributed by atoms with Crippen LogP contribution in [-0.4, -0.2) is 23.8 Å². The van der Waals surface area contributed by atoms with E-state index in [1.807, 2.05) is 34.9 Å². The Bertz CT molecular complexity index is 870. The normalized spacial score (nSPS) is 10.8. The average molecular weight is 321 g/mol. The minimum atomic E-state index is 0.563. The first-order valence-corrected chi connectivity index (χ1v) is 7.05. The van der Waals surface area contributed by atoms with Crippen molar-refractivity contribution in [3.63, 3.8) is 0 Å². The van der Waals surface area contributed by atoms with E-state index in [1.54, 1.807) is 20.3 Å². The summed E-state index contributed by atoms with van der Waals surface area (Å²) in [6.07, 6.45) is 0. The fraction of sp³-hybridized carbons (Fsp3) is 0.133. The van der Waals surface area contributed by atoms with E-state index in [0.29, 0.717) is 9.79 Å². The second-order valence-electron chi connectivity index (χ2n) is 4.47. The highest BCUT2D eigenvalue weighted by Crippen LogP contribution is 2.30. The average Bonchev–Trinajstić information content (AvgIpc) is 2.82. The maximum atomic E-state index is 6.31. The van der Waals surface area contributed by atoms with Crippen molar-refractivity contribution in [1.29, 1.82) is 0 Å². The number of halogens is 1. The van der Waals surface area contributed by atoms with Gasteiger partial charge in [0.15, 0.2) is 4.77 Å². The molecule has 1 aromatic heterocycles. The standard InChI is InChI=1S/C15H13ClN2O2S/c1-19-9-4-6-13-12(7-9)17-15(21)18(13)14-8-10(20-2)3-5-11(14)16/h3-8H,1-2H3,(H,17,21). The molecule has 21 heavy (non-hydrogen) atoms. The van der Waals surface area contributed by atoms with Crippen LogP contribution in [0.2, 0.25) is 5.02 Å². The molecule has 0 amide bonds. The van der Waals surface area contributed by atoms with Gasteiger partial charge in [-0.05, 0) is 36.5 Å². The largest absolute Gasteiger partial charge is 0.497 e. The number of aromatic nitrogens is 2. The molecule has 0 bridgehead atoms. The van der Waals surface area contributed by atoms with Gasteiger partial charge in [0.1, 0.15) is 11.5 Å². The summed E-state index contributed by atoms with van der Waals surface area (Å²) in [5.41, 5.74) is 2.59. The number of hydrogen-bond acceptors (Lipinski definition) is 3. The maximum absolute atomic E-state index is 6.31. The molecule has 1 heterocycles. The van der Waals surface area contributed by atoms with Gasteiger partial charge in [0.2, 0.25) is 0 Å². The van der Waals surface area contributed by atoms with E-state index in [0.717, 1.165) is 28.2 Å². The Kier molecular flexibility index (Phi) is 3.61. The molecule has 0 unspecified atom stereocenters. The monoisotopic (exact) mass is 320 g/mol. The summed E-state index contributed by atoms with van der Waals surface area (Å²) < 4.78 is 12.9. The van der Waals surface area contributed by atoms with E-state index in [1.165, 1.54) is 0 Å². The molecular formula is C15H13ClN2O2S. The lowest BCUT2D eigenvalue weighted by Gasteiger charge is -2.09. The fourth-order valence-corrected chi connectivity index (χ4v) is 2.76. The smallest absolute Gasteiger partial charge is 0.182 e. The van der Waals surface area contributed by atoms with Crippen molar-refractivity contribution in [3.8, 4) is 17.2 Å². The lowest BCUT2D eigenvalue weighted by molar-refractivity contribution is 0.414. The van der Waals surface area contributed by atoms with Gasteiger partial charge in [-0.2, -0.15) is 0 Å². The number of fused-ring (bicyclic) bond motifs is 1. The lowest BCUT2D eigenvalue weighted by Crippen LogP contribution is -1.96. The van der Waals surface area contributed by atoms with Crippen LogP contribution in [0.4, 0.5) is 0 Å². The molecule has 0 aliphatic heterocycles. The molecule has 2 aromatic carbocycles. The van der Waals surface area contributed by atoms with E-state index in [9.17, 15) is 0 Å². The molecule has 108 valence electrons. The maximum Gasteiger partial charge on any atom is 0.182 e. The molecule has 3 rings (SSSR count). The van der Waals surface area contributed by atoms with Crippen molar-refractivity contribution in [2.24, 2.45) is 0 Å². The van der Waals surface area contributed by atoms with Crippen molar-refractivity contribution in [3.05, 3.63) is 46.2 Å². The van der Waals surface area contributed by atoms with E-state index in [4.69, 9.17) is 33.3 Å². The van der Waals surface area contributed by atoms with E-state index in [2.05, 4.69) is 4.98 Å². The van der Waals surface area contributed by atoms with Crippen LogP contribution < -0.4 is 9.47 Å². The molecule has 1 N–H and O–H groups in total. The van der Waals surface area contributed by atoms with Crippen LogP contribution in [0.1, 0.15) is 0 Å². The third kappa shape index (κ3) is 2.39. The molecule has 0 atom stereocenters. The SMILES string of the molecule is COc1ccc(Cl)c(-n2c(=S)[nH]c3cc(OC)ccc32)c1. The molecule has 0 aliphatic carbocycles. The molecule has 0 fully saturated rings. The summed E-state index contributed by atoms with van der Waals surface area (Å²) >= 11 is 11.7. The van der Waals surface area contributed by atoms with Crippen LogP contribution in [0, 0.1) is 4.77 Å². The van der Waals surface area contributed by atoms with Gasteiger partial charge < -0.3 is 14.5 Å². The van der Waals surface area contributed by atoms with Crippen LogP contribution in [0.5, 0.6) is 11.5 Å². The number of H-pyrrole nitrogens is 1. The van der Waals surface area contributed by atoms with Gasteiger partial charge in [0, 0.05) is 12.1 Å². The fourth-order valence-electron chi connectivity index (χ4n) is 2.25. The highest BCUT2D eigenvalue weighted by Gasteiger charge is 2.11. The van der Waals surface area contributed by atoms with Gasteiger partial charge in [-0.15, -0.1) is 0 Å².